The minimum atomic E-state index is -3.18. The Hall–Kier alpha value is -0.950. The van der Waals surface area contributed by atoms with Crippen molar-refractivity contribution >= 4 is 27.1 Å². The highest BCUT2D eigenvalue weighted by molar-refractivity contribution is 7.90. The van der Waals surface area contributed by atoms with Gasteiger partial charge in [0.15, 0.2) is 9.84 Å². The molecular formula is C11H15NO4S2. The van der Waals surface area contributed by atoms with Crippen molar-refractivity contribution in [1.29, 1.82) is 0 Å². The van der Waals surface area contributed by atoms with Crippen molar-refractivity contribution in [2.75, 3.05) is 5.75 Å². The summed E-state index contributed by atoms with van der Waals surface area (Å²) in [5.74, 6) is -0.785. The van der Waals surface area contributed by atoms with Crippen molar-refractivity contribution in [1.82, 2.24) is 4.98 Å². The molecule has 5 nitrogen and oxygen atoms in total. The summed E-state index contributed by atoms with van der Waals surface area (Å²) in [6.45, 7) is 0. The lowest BCUT2D eigenvalue weighted by molar-refractivity contribution is 0.0696. The zero-order valence-corrected chi connectivity index (χ0v) is 11.5. The second kappa shape index (κ2) is 5.36. The number of carboxylic acids is 1. The zero-order chi connectivity index (χ0) is 13.2. The van der Waals surface area contributed by atoms with E-state index in [9.17, 15) is 13.2 Å². The average Bonchev–Trinajstić information content (AvgIpc) is 2.87. The third-order valence-electron chi connectivity index (χ3n) is 3.07. The zero-order valence-electron chi connectivity index (χ0n) is 9.83. The lowest BCUT2D eigenvalue weighted by Crippen LogP contribution is -2.16. The monoisotopic (exact) mass is 289 g/mol. The largest absolute Gasteiger partial charge is 0.476 e. The van der Waals surface area contributed by atoms with Crippen LogP contribution >= 0.6 is 11.3 Å². The first-order valence-corrected chi connectivity index (χ1v) is 8.54. The number of thiazole rings is 1. The van der Waals surface area contributed by atoms with E-state index in [0.717, 1.165) is 37.0 Å². The van der Waals surface area contributed by atoms with E-state index < -0.39 is 15.8 Å². The second-order valence-corrected chi connectivity index (χ2v) is 7.62. The minimum Gasteiger partial charge on any atom is -0.476 e. The molecule has 1 heterocycles. The molecule has 0 amide bonds. The molecule has 18 heavy (non-hydrogen) atoms. The van der Waals surface area contributed by atoms with Crippen molar-refractivity contribution in [3.05, 3.63) is 16.1 Å². The number of hydrogen-bond acceptors (Lipinski definition) is 5. The molecule has 1 fully saturated rings. The third-order valence-corrected chi connectivity index (χ3v) is 5.66. The summed E-state index contributed by atoms with van der Waals surface area (Å²) in [5.41, 5.74) is 0.343. The predicted octanol–water partition coefficient (Wildman–Crippen LogP) is 1.95. The van der Waals surface area contributed by atoms with Crippen LogP contribution in [0, 0.1) is 5.92 Å². The van der Waals surface area contributed by atoms with Crippen LogP contribution in [0.3, 0.4) is 0 Å². The third kappa shape index (κ3) is 3.52. The summed E-state index contributed by atoms with van der Waals surface area (Å²) in [6.07, 6.45) is 4.19. The van der Waals surface area contributed by atoms with Crippen molar-refractivity contribution in [2.45, 2.75) is 31.4 Å². The average molecular weight is 289 g/mol. The van der Waals surface area contributed by atoms with Crippen LogP contribution in [-0.4, -0.2) is 30.2 Å². The standard InChI is InChI=1S/C11H15NO4S2/c13-11(14)10-12-9(5-17-10)7-18(15,16)6-8-3-1-2-4-8/h5,8H,1-4,6-7H2,(H,13,14). The van der Waals surface area contributed by atoms with Gasteiger partial charge in [0.05, 0.1) is 17.2 Å². The maximum atomic E-state index is 12.0. The van der Waals surface area contributed by atoms with Crippen LogP contribution in [0.2, 0.25) is 0 Å². The molecule has 1 aliphatic rings. The molecular weight excluding hydrogens is 274 g/mol. The van der Waals surface area contributed by atoms with Crippen LogP contribution in [-0.2, 0) is 15.6 Å². The molecule has 1 saturated carbocycles. The van der Waals surface area contributed by atoms with Gasteiger partial charge in [0.2, 0.25) is 5.01 Å². The van der Waals surface area contributed by atoms with Gasteiger partial charge in [-0.3, -0.25) is 0 Å². The highest BCUT2D eigenvalue weighted by Gasteiger charge is 2.24. The number of rotatable bonds is 5. The van der Waals surface area contributed by atoms with Gasteiger partial charge in [-0.15, -0.1) is 11.3 Å². The van der Waals surface area contributed by atoms with Crippen LogP contribution in [0.1, 0.15) is 41.2 Å². The number of aromatic nitrogens is 1. The Balaban J connectivity index is 2.00. The van der Waals surface area contributed by atoms with E-state index in [-0.39, 0.29) is 22.4 Å². The fourth-order valence-corrected chi connectivity index (χ4v) is 4.82. The number of nitrogens with zero attached hydrogens (tertiary/aromatic N) is 1. The van der Waals surface area contributed by atoms with E-state index in [1.807, 2.05) is 0 Å². The van der Waals surface area contributed by atoms with Gasteiger partial charge in [0.25, 0.3) is 0 Å². The van der Waals surface area contributed by atoms with Crippen LogP contribution in [0.25, 0.3) is 0 Å². The molecule has 0 spiro atoms. The van der Waals surface area contributed by atoms with E-state index in [4.69, 9.17) is 5.11 Å². The van der Waals surface area contributed by atoms with E-state index >= 15 is 0 Å². The first-order valence-electron chi connectivity index (χ1n) is 5.84. The molecule has 0 aromatic carbocycles. The Bertz CT molecular complexity index is 529. The number of hydrogen-bond donors (Lipinski definition) is 1. The molecule has 2 rings (SSSR count). The Morgan fingerprint density at radius 2 is 2.11 bits per heavy atom. The molecule has 0 radical (unpaired) electrons. The summed E-state index contributed by atoms with van der Waals surface area (Å²) in [6, 6.07) is 0. The van der Waals surface area contributed by atoms with Gasteiger partial charge in [0.1, 0.15) is 0 Å². The molecule has 7 heteroatoms. The lowest BCUT2D eigenvalue weighted by Gasteiger charge is -2.08. The van der Waals surface area contributed by atoms with Crippen molar-refractivity contribution in [3.8, 4) is 0 Å². The minimum absolute atomic E-state index is 0.0546. The van der Waals surface area contributed by atoms with E-state index in [2.05, 4.69) is 4.98 Å². The van der Waals surface area contributed by atoms with Gasteiger partial charge in [-0.25, -0.2) is 18.2 Å². The quantitative estimate of drug-likeness (QED) is 0.895. The van der Waals surface area contributed by atoms with Crippen LogP contribution in [0.4, 0.5) is 0 Å². The van der Waals surface area contributed by atoms with Gasteiger partial charge in [0, 0.05) is 5.38 Å². The fraction of sp³-hybridized carbons (Fsp3) is 0.636. The van der Waals surface area contributed by atoms with Gasteiger partial charge < -0.3 is 5.11 Å². The van der Waals surface area contributed by atoms with Gasteiger partial charge in [-0.2, -0.15) is 0 Å². The molecule has 1 N–H and O–H groups in total. The van der Waals surface area contributed by atoms with Crippen LogP contribution < -0.4 is 0 Å². The summed E-state index contributed by atoms with van der Waals surface area (Å²) < 4.78 is 23.9. The van der Waals surface area contributed by atoms with Crippen LogP contribution in [0.15, 0.2) is 5.38 Å². The molecule has 1 aromatic heterocycles. The maximum Gasteiger partial charge on any atom is 0.365 e. The molecule has 100 valence electrons. The first-order chi connectivity index (χ1) is 8.46. The maximum absolute atomic E-state index is 12.0. The van der Waals surface area contributed by atoms with E-state index in [0.29, 0.717) is 5.69 Å². The number of carbonyl (C=O) groups is 1. The van der Waals surface area contributed by atoms with Crippen molar-refractivity contribution < 1.29 is 18.3 Å². The highest BCUT2D eigenvalue weighted by Crippen LogP contribution is 2.27. The summed E-state index contributed by atoms with van der Waals surface area (Å²) in [5, 5.41) is 10.2. The lowest BCUT2D eigenvalue weighted by atomic mass is 10.1. The Kier molecular flexibility index (Phi) is 4.01. The molecule has 0 aliphatic heterocycles. The molecule has 0 unspecified atom stereocenters. The van der Waals surface area contributed by atoms with E-state index in [1.54, 1.807) is 0 Å². The fourth-order valence-electron chi connectivity index (χ4n) is 2.29. The van der Waals surface area contributed by atoms with Crippen LogP contribution in [0.5, 0.6) is 0 Å². The SMILES string of the molecule is O=C(O)c1nc(CS(=O)(=O)CC2CCCC2)cs1. The Morgan fingerprint density at radius 1 is 1.44 bits per heavy atom. The molecule has 0 saturated heterocycles. The molecule has 0 bridgehead atoms. The molecule has 1 aliphatic carbocycles. The van der Waals surface area contributed by atoms with E-state index in [1.165, 1.54) is 5.38 Å². The summed E-state index contributed by atoms with van der Waals surface area (Å²) in [7, 11) is -3.18. The van der Waals surface area contributed by atoms with Gasteiger partial charge >= 0.3 is 5.97 Å². The number of sulfone groups is 1. The Morgan fingerprint density at radius 3 is 2.67 bits per heavy atom. The number of aromatic carboxylic acids is 1. The van der Waals surface area contributed by atoms with Gasteiger partial charge in [-0.1, -0.05) is 12.8 Å². The number of carboxylic acid groups (broad SMARTS) is 1. The summed E-state index contributed by atoms with van der Waals surface area (Å²) >= 11 is 0.966. The highest BCUT2D eigenvalue weighted by atomic mass is 32.2. The smallest absolute Gasteiger partial charge is 0.365 e. The Labute approximate surface area is 110 Å². The molecule has 1 aromatic rings. The first kappa shape index (κ1) is 13.5. The summed E-state index contributed by atoms with van der Waals surface area (Å²) in [4.78, 5) is 14.5. The normalized spacial score (nSPS) is 17.1. The van der Waals surface area contributed by atoms with Crippen molar-refractivity contribution in [3.63, 3.8) is 0 Å². The van der Waals surface area contributed by atoms with Crippen molar-refractivity contribution in [2.24, 2.45) is 5.92 Å². The van der Waals surface area contributed by atoms with Gasteiger partial charge in [-0.05, 0) is 18.8 Å². The second-order valence-electron chi connectivity index (χ2n) is 4.65. The molecule has 0 atom stereocenters. The topological polar surface area (TPSA) is 84.3 Å². The predicted molar refractivity (Wildman–Crippen MR) is 68.5 cm³/mol.